The first-order valence-electron chi connectivity index (χ1n) is 4.24. The third-order valence-corrected chi connectivity index (χ3v) is 2.51. The Morgan fingerprint density at radius 3 is 2.50 bits per heavy atom. The molecule has 0 bridgehead atoms. The lowest BCUT2D eigenvalue weighted by atomic mass is 10.1. The fraction of sp³-hybridized carbons (Fsp3) is 0.300. The molecule has 14 heavy (non-hydrogen) atoms. The van der Waals surface area contributed by atoms with Crippen molar-refractivity contribution >= 4 is 29.0 Å². The van der Waals surface area contributed by atoms with Crippen LogP contribution in [0.5, 0.6) is 0 Å². The van der Waals surface area contributed by atoms with Crippen LogP contribution in [0.1, 0.15) is 30.1 Å². The summed E-state index contributed by atoms with van der Waals surface area (Å²) in [5.74, 6) is -0.860. The molecule has 0 atom stereocenters. The highest BCUT2D eigenvalue weighted by atomic mass is 35.5. The van der Waals surface area contributed by atoms with Crippen molar-refractivity contribution in [3.63, 3.8) is 0 Å². The summed E-state index contributed by atoms with van der Waals surface area (Å²) in [7, 11) is 0. The molecule has 1 aromatic carbocycles. The zero-order valence-corrected chi connectivity index (χ0v) is 9.12. The first kappa shape index (κ1) is 11.5. The Bertz CT molecular complexity index is 363. The van der Waals surface area contributed by atoms with Gasteiger partial charge in [-0.3, -0.25) is 4.79 Å². The van der Waals surface area contributed by atoms with Crippen molar-refractivity contribution in [3.8, 4) is 0 Å². The van der Waals surface area contributed by atoms with Crippen LogP contribution in [0.25, 0.3) is 0 Å². The van der Waals surface area contributed by atoms with E-state index in [2.05, 4.69) is 0 Å². The number of halogens is 3. The maximum Gasteiger partial charge on any atom is 0.165 e. The van der Waals surface area contributed by atoms with Crippen LogP contribution >= 0.6 is 23.2 Å². The van der Waals surface area contributed by atoms with E-state index >= 15 is 0 Å². The highest BCUT2D eigenvalue weighted by Crippen LogP contribution is 2.25. The van der Waals surface area contributed by atoms with Crippen LogP contribution < -0.4 is 0 Å². The van der Waals surface area contributed by atoms with Crippen molar-refractivity contribution in [2.24, 2.45) is 0 Å². The second-order valence-electron chi connectivity index (χ2n) is 2.92. The first-order chi connectivity index (χ1) is 6.56. The van der Waals surface area contributed by atoms with Gasteiger partial charge in [0.15, 0.2) is 5.78 Å². The fourth-order valence-corrected chi connectivity index (χ4v) is 1.41. The van der Waals surface area contributed by atoms with Gasteiger partial charge in [0, 0.05) is 6.42 Å². The predicted molar refractivity (Wildman–Crippen MR) is 55.7 cm³/mol. The molecule has 0 unspecified atom stereocenters. The van der Waals surface area contributed by atoms with E-state index in [4.69, 9.17) is 23.2 Å². The SMILES string of the molecule is CCCC(=O)c1cc(Cl)c(Cl)cc1F. The van der Waals surface area contributed by atoms with Crippen molar-refractivity contribution in [3.05, 3.63) is 33.6 Å². The van der Waals surface area contributed by atoms with Gasteiger partial charge in [-0.1, -0.05) is 30.1 Å². The molecule has 0 saturated carbocycles. The van der Waals surface area contributed by atoms with Crippen LogP contribution in [0.3, 0.4) is 0 Å². The standard InChI is InChI=1S/C10H9Cl2FO/c1-2-3-10(14)6-4-7(11)8(12)5-9(6)13/h4-5H,2-3H2,1H3. The highest BCUT2D eigenvalue weighted by Gasteiger charge is 2.13. The molecule has 0 aliphatic carbocycles. The summed E-state index contributed by atoms with van der Waals surface area (Å²) < 4.78 is 13.2. The van der Waals surface area contributed by atoms with Gasteiger partial charge in [0.25, 0.3) is 0 Å². The molecule has 0 aliphatic rings. The van der Waals surface area contributed by atoms with Gasteiger partial charge in [0.2, 0.25) is 0 Å². The molecule has 1 rings (SSSR count). The van der Waals surface area contributed by atoms with E-state index in [0.717, 1.165) is 6.07 Å². The van der Waals surface area contributed by atoms with Crippen molar-refractivity contribution in [1.29, 1.82) is 0 Å². The Labute approximate surface area is 91.8 Å². The Morgan fingerprint density at radius 2 is 1.93 bits per heavy atom. The van der Waals surface area contributed by atoms with E-state index < -0.39 is 5.82 Å². The van der Waals surface area contributed by atoms with Crippen molar-refractivity contribution in [2.45, 2.75) is 19.8 Å². The molecule has 0 N–H and O–H groups in total. The lowest BCUT2D eigenvalue weighted by Gasteiger charge is -2.03. The fourth-order valence-electron chi connectivity index (χ4n) is 1.10. The molecule has 1 nitrogen and oxygen atoms in total. The molecule has 0 saturated heterocycles. The van der Waals surface area contributed by atoms with Crippen LogP contribution in [-0.2, 0) is 0 Å². The number of ketones is 1. The molecular formula is C10H9Cl2FO. The number of Topliss-reactive ketones (excluding diaryl/α,β-unsaturated/α-hetero) is 1. The molecule has 0 amide bonds. The number of hydrogen-bond donors (Lipinski definition) is 0. The molecule has 0 fully saturated rings. The van der Waals surface area contributed by atoms with Crippen LogP contribution in [0, 0.1) is 5.82 Å². The van der Waals surface area contributed by atoms with Crippen LogP contribution in [0.4, 0.5) is 4.39 Å². The van der Waals surface area contributed by atoms with Crippen LogP contribution in [0.2, 0.25) is 10.0 Å². The topological polar surface area (TPSA) is 17.1 Å². The average molecular weight is 235 g/mol. The monoisotopic (exact) mass is 234 g/mol. The second-order valence-corrected chi connectivity index (χ2v) is 3.73. The van der Waals surface area contributed by atoms with Gasteiger partial charge in [-0.15, -0.1) is 0 Å². The van der Waals surface area contributed by atoms with E-state index in [-0.39, 0.29) is 21.4 Å². The van der Waals surface area contributed by atoms with Gasteiger partial charge >= 0.3 is 0 Å². The van der Waals surface area contributed by atoms with Crippen molar-refractivity contribution in [2.75, 3.05) is 0 Å². The number of benzene rings is 1. The number of rotatable bonds is 3. The van der Waals surface area contributed by atoms with Gasteiger partial charge in [-0.2, -0.15) is 0 Å². The minimum absolute atomic E-state index is 0.0150. The van der Waals surface area contributed by atoms with Gasteiger partial charge in [0.1, 0.15) is 5.82 Å². The third kappa shape index (κ3) is 2.46. The lowest BCUT2D eigenvalue weighted by molar-refractivity contribution is 0.0978. The van der Waals surface area contributed by atoms with Gasteiger partial charge in [-0.05, 0) is 18.6 Å². The van der Waals surface area contributed by atoms with Crippen LogP contribution in [0.15, 0.2) is 12.1 Å². The predicted octanol–water partition coefficient (Wildman–Crippen LogP) is 4.12. The molecule has 0 aliphatic heterocycles. The van der Waals surface area contributed by atoms with E-state index in [0.29, 0.717) is 12.8 Å². The van der Waals surface area contributed by atoms with Crippen molar-refractivity contribution < 1.29 is 9.18 Å². The lowest BCUT2D eigenvalue weighted by Crippen LogP contribution is -2.01. The Kier molecular flexibility index (Phi) is 3.90. The molecule has 0 aromatic heterocycles. The smallest absolute Gasteiger partial charge is 0.165 e. The molecule has 0 heterocycles. The minimum atomic E-state index is -0.613. The molecular weight excluding hydrogens is 226 g/mol. The number of carbonyl (C=O) groups is 1. The normalized spacial score (nSPS) is 10.3. The molecule has 1 aromatic rings. The Balaban J connectivity index is 3.09. The minimum Gasteiger partial charge on any atom is -0.294 e. The summed E-state index contributed by atoms with van der Waals surface area (Å²) in [6.07, 6.45) is 0.993. The van der Waals surface area contributed by atoms with Gasteiger partial charge in [0.05, 0.1) is 15.6 Å². The maximum atomic E-state index is 13.2. The summed E-state index contributed by atoms with van der Waals surface area (Å²) in [5, 5.41) is 0.324. The second kappa shape index (κ2) is 4.76. The summed E-state index contributed by atoms with van der Waals surface area (Å²) in [6, 6.07) is 2.34. The zero-order valence-electron chi connectivity index (χ0n) is 7.61. The summed E-state index contributed by atoms with van der Waals surface area (Å²) in [5.41, 5.74) is 0.0150. The summed E-state index contributed by atoms with van der Waals surface area (Å²) >= 11 is 11.3. The number of hydrogen-bond acceptors (Lipinski definition) is 1. The van der Waals surface area contributed by atoms with E-state index in [1.54, 1.807) is 0 Å². The summed E-state index contributed by atoms with van der Waals surface area (Å²) in [6.45, 7) is 1.85. The van der Waals surface area contributed by atoms with Gasteiger partial charge < -0.3 is 0 Å². The first-order valence-corrected chi connectivity index (χ1v) is 4.99. The van der Waals surface area contributed by atoms with Crippen LogP contribution in [-0.4, -0.2) is 5.78 Å². The largest absolute Gasteiger partial charge is 0.294 e. The Hall–Kier alpha value is -0.600. The average Bonchev–Trinajstić information content (AvgIpc) is 2.11. The molecule has 4 heteroatoms. The Morgan fingerprint density at radius 1 is 1.36 bits per heavy atom. The molecule has 76 valence electrons. The maximum absolute atomic E-state index is 13.2. The van der Waals surface area contributed by atoms with E-state index in [1.165, 1.54) is 6.07 Å². The molecule has 0 radical (unpaired) electrons. The van der Waals surface area contributed by atoms with E-state index in [9.17, 15) is 9.18 Å². The number of carbonyl (C=O) groups excluding carboxylic acids is 1. The van der Waals surface area contributed by atoms with Gasteiger partial charge in [-0.25, -0.2) is 4.39 Å². The third-order valence-electron chi connectivity index (χ3n) is 1.79. The van der Waals surface area contributed by atoms with E-state index in [1.807, 2.05) is 6.92 Å². The van der Waals surface area contributed by atoms with Crippen molar-refractivity contribution in [1.82, 2.24) is 0 Å². The summed E-state index contributed by atoms with van der Waals surface area (Å²) in [4.78, 5) is 11.4. The highest BCUT2D eigenvalue weighted by molar-refractivity contribution is 6.42. The zero-order chi connectivity index (χ0) is 10.7. The molecule has 0 spiro atoms. The quantitative estimate of drug-likeness (QED) is 0.569.